The molecule has 0 spiro atoms. The lowest BCUT2D eigenvalue weighted by molar-refractivity contribution is -0.155. The number of hydrogen-bond acceptors (Lipinski definition) is 9. The number of thiazole rings is 1. The molecule has 9 nitrogen and oxygen atoms in total. The number of likely N-dealkylation sites (tertiary alicyclic amines) is 1. The van der Waals surface area contributed by atoms with Gasteiger partial charge in [-0.15, -0.1) is 11.3 Å². The summed E-state index contributed by atoms with van der Waals surface area (Å²) < 4.78 is 18.9. The van der Waals surface area contributed by atoms with Crippen molar-refractivity contribution in [1.29, 1.82) is 0 Å². The predicted molar refractivity (Wildman–Crippen MR) is 181 cm³/mol. The van der Waals surface area contributed by atoms with Gasteiger partial charge in [0.05, 0.1) is 17.3 Å². The van der Waals surface area contributed by atoms with Gasteiger partial charge in [0.15, 0.2) is 22.7 Å². The summed E-state index contributed by atoms with van der Waals surface area (Å²) in [4.78, 5) is 47.1. The fraction of sp³-hybridized carbons (Fsp3) is 0.167. The zero-order valence-electron chi connectivity index (χ0n) is 25.6. The van der Waals surface area contributed by atoms with Crippen LogP contribution in [0.2, 0.25) is 0 Å². The molecule has 0 bridgehead atoms. The second kappa shape index (κ2) is 14.5. The van der Waals surface area contributed by atoms with Gasteiger partial charge in [0.2, 0.25) is 0 Å². The summed E-state index contributed by atoms with van der Waals surface area (Å²) in [5, 5.41) is 2.07. The number of esters is 1. The van der Waals surface area contributed by atoms with Crippen molar-refractivity contribution in [3.05, 3.63) is 138 Å². The smallest absolute Gasteiger partial charge is 0.359 e. The first-order valence-electron chi connectivity index (χ1n) is 14.8. The number of allylic oxidation sites excluding steroid dienone is 1. The first-order chi connectivity index (χ1) is 22.9. The number of amides is 2. The number of aromatic nitrogens is 1. The Morgan fingerprint density at radius 1 is 0.894 bits per heavy atom. The number of thioether (sulfide) groups is 1. The van der Waals surface area contributed by atoms with Gasteiger partial charge < -0.3 is 19.5 Å². The van der Waals surface area contributed by atoms with Crippen molar-refractivity contribution >= 4 is 51.1 Å². The Bertz CT molecular complexity index is 1830. The molecule has 1 aliphatic rings. The van der Waals surface area contributed by atoms with Crippen LogP contribution in [0, 0.1) is 0 Å². The lowest BCUT2D eigenvalue weighted by atomic mass is 10.0. The summed E-state index contributed by atoms with van der Waals surface area (Å²) >= 11 is 2.74. The minimum atomic E-state index is -0.967. The molecule has 1 aliphatic heterocycles. The van der Waals surface area contributed by atoms with Crippen LogP contribution in [0.15, 0.2) is 131 Å². The van der Waals surface area contributed by atoms with E-state index in [4.69, 9.17) is 19.2 Å². The molecule has 0 aliphatic carbocycles. The molecule has 11 heteroatoms. The fourth-order valence-corrected chi connectivity index (χ4v) is 7.54. The first kappa shape index (κ1) is 31.8. The first-order valence-corrected chi connectivity index (χ1v) is 16.5. The minimum Gasteiger partial charge on any atom is -0.499 e. The molecule has 1 aromatic heterocycles. The third-order valence-electron chi connectivity index (χ3n) is 7.47. The third-order valence-corrected chi connectivity index (χ3v) is 9.86. The molecule has 2 unspecified atom stereocenters. The topological polar surface area (TPSA) is 107 Å². The highest BCUT2D eigenvalue weighted by molar-refractivity contribution is 8.01. The number of carbonyl (C=O) groups excluding carboxylic acids is 3. The summed E-state index contributed by atoms with van der Waals surface area (Å²) in [6.07, 6.45) is -0.748. The summed E-state index contributed by atoms with van der Waals surface area (Å²) in [6, 6.07) is 34.4. The van der Waals surface area contributed by atoms with Crippen molar-refractivity contribution in [3.63, 3.8) is 0 Å². The van der Waals surface area contributed by atoms with E-state index in [1.165, 1.54) is 35.1 Å². The van der Waals surface area contributed by atoms with Crippen molar-refractivity contribution < 1.29 is 28.6 Å². The van der Waals surface area contributed by atoms with E-state index in [-0.39, 0.29) is 18.1 Å². The monoisotopic (exact) mass is 665 g/mol. The van der Waals surface area contributed by atoms with E-state index >= 15 is 0 Å². The molecule has 47 heavy (non-hydrogen) atoms. The number of nitrogens with one attached hydrogen (secondary N) is 1. The maximum Gasteiger partial charge on any atom is 0.359 e. The van der Waals surface area contributed by atoms with Crippen molar-refractivity contribution in [3.8, 4) is 5.75 Å². The van der Waals surface area contributed by atoms with Crippen LogP contribution in [-0.2, 0) is 23.9 Å². The van der Waals surface area contributed by atoms with Gasteiger partial charge in [-0.1, -0.05) is 103 Å². The Kier molecular flexibility index (Phi) is 9.84. The lowest BCUT2D eigenvalue weighted by Gasteiger charge is -2.46. The largest absolute Gasteiger partial charge is 0.499 e. The Balaban J connectivity index is 1.29. The van der Waals surface area contributed by atoms with Gasteiger partial charge >= 0.3 is 5.97 Å². The molecule has 2 amide bonds. The van der Waals surface area contributed by atoms with Gasteiger partial charge in [-0.3, -0.25) is 14.5 Å². The van der Waals surface area contributed by atoms with Crippen molar-refractivity contribution in [2.75, 3.05) is 13.7 Å². The van der Waals surface area contributed by atoms with Crippen LogP contribution in [0.3, 0.4) is 0 Å². The van der Waals surface area contributed by atoms with Crippen molar-refractivity contribution in [2.45, 2.75) is 28.8 Å². The standard InChI is InChI=1S/C36H31N3O6S2/c1-23(43-2)31(35(42)45-32(24-14-6-3-7-15-24)25-16-8-4-9-17-25)39-33(41)30(38-29(40)22-44-26-18-10-5-11-19-26)34(39)47-36-37-27-20-12-13-21-28(27)46-36/h3-21,30,32,34H,22H2,1-2H3,(H,38,40). The molecule has 2 atom stereocenters. The van der Waals surface area contributed by atoms with E-state index in [1.807, 2.05) is 91.0 Å². The zero-order chi connectivity index (χ0) is 32.8. The minimum absolute atomic E-state index is 0.0565. The van der Waals surface area contributed by atoms with Gasteiger partial charge in [0, 0.05) is 0 Å². The summed E-state index contributed by atoms with van der Waals surface area (Å²) in [5.41, 5.74) is 2.28. The summed E-state index contributed by atoms with van der Waals surface area (Å²) in [7, 11) is 1.43. The number of β-lactam (4-membered cyclic amide) rings is 1. The zero-order valence-corrected chi connectivity index (χ0v) is 27.2. The number of benzene rings is 4. The quantitative estimate of drug-likeness (QED) is 0.0713. The Morgan fingerprint density at radius 2 is 1.49 bits per heavy atom. The van der Waals surface area contributed by atoms with Crippen LogP contribution >= 0.6 is 23.1 Å². The van der Waals surface area contributed by atoms with Crippen LogP contribution < -0.4 is 10.1 Å². The SMILES string of the molecule is COC(C)=C(C(=O)OC(c1ccccc1)c1ccccc1)N1C(=O)C(NC(=O)COc2ccccc2)C1Sc1nc2ccccc2s1. The van der Waals surface area contributed by atoms with E-state index in [0.29, 0.717) is 10.1 Å². The average molecular weight is 666 g/mol. The number of ether oxygens (including phenoxy) is 3. The van der Waals surface area contributed by atoms with Crippen molar-refractivity contribution in [1.82, 2.24) is 15.2 Å². The molecule has 1 saturated heterocycles. The molecular weight excluding hydrogens is 635 g/mol. The van der Waals surface area contributed by atoms with Crippen LogP contribution in [0.5, 0.6) is 5.75 Å². The van der Waals surface area contributed by atoms with Crippen LogP contribution in [0.1, 0.15) is 24.2 Å². The Morgan fingerprint density at radius 3 is 2.11 bits per heavy atom. The van der Waals surface area contributed by atoms with Crippen LogP contribution in [0.4, 0.5) is 0 Å². The molecule has 6 rings (SSSR count). The maximum absolute atomic E-state index is 14.1. The van der Waals surface area contributed by atoms with Crippen molar-refractivity contribution in [2.24, 2.45) is 0 Å². The van der Waals surface area contributed by atoms with Gasteiger partial charge in [-0.05, 0) is 42.3 Å². The highest BCUT2D eigenvalue weighted by Crippen LogP contribution is 2.42. The number of fused-ring (bicyclic) bond motifs is 1. The molecule has 238 valence electrons. The van der Waals surface area contributed by atoms with Gasteiger partial charge in [-0.2, -0.15) is 0 Å². The number of carbonyl (C=O) groups is 3. The average Bonchev–Trinajstić information content (AvgIpc) is 3.54. The van der Waals surface area contributed by atoms with Gasteiger partial charge in [0.25, 0.3) is 11.8 Å². The van der Waals surface area contributed by atoms with Crippen LogP contribution in [0.25, 0.3) is 10.2 Å². The number of para-hydroxylation sites is 2. The van der Waals surface area contributed by atoms with E-state index < -0.39 is 35.3 Å². The second-order valence-electron chi connectivity index (χ2n) is 10.5. The number of rotatable bonds is 12. The molecule has 1 fully saturated rings. The normalized spacial score (nSPS) is 16.3. The molecule has 2 heterocycles. The molecular formula is C36H31N3O6S2. The molecule has 0 saturated carbocycles. The van der Waals surface area contributed by atoms with E-state index in [0.717, 1.165) is 21.3 Å². The summed E-state index contributed by atoms with van der Waals surface area (Å²) in [6.45, 7) is 1.31. The predicted octanol–water partition coefficient (Wildman–Crippen LogP) is 6.33. The highest BCUT2D eigenvalue weighted by atomic mass is 32.2. The number of nitrogens with zero attached hydrogens (tertiary/aromatic N) is 2. The highest BCUT2D eigenvalue weighted by Gasteiger charge is 2.53. The Labute approximate surface area is 280 Å². The third kappa shape index (κ3) is 7.16. The van der Waals surface area contributed by atoms with E-state index in [9.17, 15) is 14.4 Å². The fourth-order valence-electron chi connectivity index (χ4n) is 5.10. The number of hydrogen-bond donors (Lipinski definition) is 1. The molecule has 1 N–H and O–H groups in total. The Hall–Kier alpha value is -5.13. The number of methoxy groups -OCH3 is 1. The van der Waals surface area contributed by atoms with E-state index in [2.05, 4.69) is 5.32 Å². The van der Waals surface area contributed by atoms with Crippen LogP contribution in [-0.4, -0.2) is 52.8 Å². The lowest BCUT2D eigenvalue weighted by Crippen LogP contribution is -2.69. The molecule has 4 aromatic carbocycles. The van der Waals surface area contributed by atoms with E-state index in [1.54, 1.807) is 31.2 Å². The molecule has 0 radical (unpaired) electrons. The maximum atomic E-state index is 14.1. The second-order valence-corrected chi connectivity index (χ2v) is 12.9. The molecule has 5 aromatic rings. The van der Waals surface area contributed by atoms with Gasteiger partial charge in [-0.25, -0.2) is 9.78 Å². The summed E-state index contributed by atoms with van der Waals surface area (Å²) in [5.74, 6) is -1.000. The van der Waals surface area contributed by atoms with Gasteiger partial charge in [0.1, 0.15) is 22.9 Å².